The van der Waals surface area contributed by atoms with E-state index in [0.717, 1.165) is 44.4 Å². The average molecular weight is 949 g/mol. The third-order valence-corrected chi connectivity index (χ3v) is 14.0. The molecule has 0 atom stereocenters. The molecule has 0 saturated carbocycles. The molecular weight excluding hydrogens is 912 g/mol. The molecule has 1 spiro atoms. The topological polar surface area (TPSA) is 36.9 Å². The predicted octanol–water partition coefficient (Wildman–Crippen LogP) is 12.5. The van der Waals surface area contributed by atoms with Gasteiger partial charge in [-0.2, -0.15) is 0 Å². The van der Waals surface area contributed by atoms with Gasteiger partial charge in [0.2, 0.25) is 0 Å². The van der Waals surface area contributed by atoms with E-state index in [1.54, 1.807) is 0 Å². The molecule has 3 aromatic heterocycles. The van der Waals surface area contributed by atoms with Crippen LogP contribution in [0.3, 0.4) is 0 Å². The molecule has 0 bridgehead atoms. The Balaban J connectivity index is 1.07. The number of aromatic nitrogens is 4. The van der Waals surface area contributed by atoms with Crippen LogP contribution in [0.4, 0.5) is 0 Å². The quantitative estimate of drug-likeness (QED) is 0.176. The molecule has 10 aromatic rings. The second-order valence-corrected chi connectivity index (χ2v) is 17.1. The molecule has 7 heteroatoms. The number of hydrogen-bond acceptors (Lipinski definition) is 3. The number of benzene rings is 7. The zero-order valence-corrected chi connectivity index (χ0v) is 34.2. The van der Waals surface area contributed by atoms with E-state index < -0.39 is 12.4 Å². The van der Waals surface area contributed by atoms with Crippen LogP contribution >= 0.6 is 11.8 Å². The number of ether oxygens (including phenoxy) is 1. The number of para-hydroxylation sites is 2. The van der Waals surface area contributed by atoms with Crippen LogP contribution in [0.5, 0.6) is 11.5 Å². The van der Waals surface area contributed by atoms with Gasteiger partial charge in [0, 0.05) is 16.0 Å². The zero-order chi connectivity index (χ0) is 41.2. The Morgan fingerprint density at radius 2 is 1.29 bits per heavy atom. The number of imidazole rings is 1. The van der Waals surface area contributed by atoms with Crippen LogP contribution < -0.4 is 4.74 Å². The van der Waals surface area contributed by atoms with Gasteiger partial charge >= 0.3 is 198 Å². The molecule has 4 heterocycles. The molecule has 1 aliphatic carbocycles. The minimum atomic E-state index is -2.34. The first kappa shape index (κ1) is 30.9. The molecule has 0 unspecified atom stereocenters. The van der Waals surface area contributed by atoms with Gasteiger partial charge < -0.3 is 0 Å². The average Bonchev–Trinajstić information content (AvgIpc) is 3.86. The van der Waals surface area contributed by atoms with Crippen molar-refractivity contribution in [1.82, 2.24) is 18.7 Å². The van der Waals surface area contributed by atoms with Crippen LogP contribution in [0.25, 0.3) is 55.5 Å². The van der Waals surface area contributed by atoms with Crippen LogP contribution in [0.1, 0.15) is 31.9 Å². The van der Waals surface area contributed by atoms with Crippen molar-refractivity contribution in [2.75, 3.05) is 0 Å². The summed E-state index contributed by atoms with van der Waals surface area (Å²) in [5.74, 6) is 2.14. The summed E-state index contributed by atoms with van der Waals surface area (Å²) >= 11 is 3.96. The Bertz CT molecular complexity index is 3500. The van der Waals surface area contributed by atoms with Crippen molar-refractivity contribution in [1.29, 1.82) is 0 Å². The minimum absolute atomic E-state index is 0.509. The van der Waals surface area contributed by atoms with E-state index in [1.807, 2.05) is 83.2 Å². The van der Waals surface area contributed by atoms with Crippen molar-refractivity contribution in [3.05, 3.63) is 202 Å². The Kier molecular flexibility index (Phi) is 6.73. The van der Waals surface area contributed by atoms with Crippen molar-refractivity contribution in [2.24, 2.45) is 6.98 Å². The molecule has 12 rings (SSSR count). The third kappa shape index (κ3) is 4.70. The molecule has 5 nitrogen and oxygen atoms in total. The zero-order valence-electron chi connectivity index (χ0n) is 34.1. The Morgan fingerprint density at radius 1 is 0.586 bits per heavy atom. The van der Waals surface area contributed by atoms with Crippen molar-refractivity contribution < 1.29 is 28.2 Å². The number of aryl methyl sites for hydroxylation is 2. The van der Waals surface area contributed by atoms with E-state index in [-0.39, 0.29) is 0 Å². The van der Waals surface area contributed by atoms with Crippen LogP contribution in [0, 0.1) is 10.7 Å². The van der Waals surface area contributed by atoms with E-state index in [9.17, 15) is 0 Å². The van der Waals surface area contributed by atoms with Crippen molar-refractivity contribution in [2.45, 2.75) is 22.1 Å². The molecule has 0 saturated heterocycles. The number of nitrogens with zero attached hydrogens (tertiary/aromatic N) is 4. The summed E-state index contributed by atoms with van der Waals surface area (Å²) in [6, 6.07) is 57.4. The van der Waals surface area contributed by atoms with E-state index in [2.05, 4.69) is 134 Å². The number of hydrogen-bond donors (Lipinski definition) is 0. The normalized spacial score (nSPS) is 14.5. The third-order valence-electron chi connectivity index (χ3n) is 11.9. The molecule has 280 valence electrons. The first-order valence-corrected chi connectivity index (χ1v) is 21.1. The van der Waals surface area contributed by atoms with Gasteiger partial charge in [-0.1, -0.05) is 72.4 Å². The van der Waals surface area contributed by atoms with Crippen molar-refractivity contribution in [3.8, 4) is 34.1 Å². The van der Waals surface area contributed by atoms with Crippen LogP contribution in [-0.2, 0) is 31.7 Å². The molecule has 0 N–H and O–H groups in total. The first-order valence-electron chi connectivity index (χ1n) is 20.7. The number of pyridine rings is 1. The van der Waals surface area contributed by atoms with Crippen LogP contribution in [0.15, 0.2) is 180 Å². The molecule has 0 fully saturated rings. The molecular formula is C51H34N4OPtS. The maximum atomic E-state index is 8.29. The summed E-state index contributed by atoms with van der Waals surface area (Å²) in [5, 5.41) is 2.24. The second kappa shape index (κ2) is 12.6. The first-order chi connectivity index (χ1) is 29.7. The molecule has 7 aromatic carbocycles. The summed E-state index contributed by atoms with van der Waals surface area (Å²) in [6.45, 7) is -0.239. The maximum absolute atomic E-state index is 8.29. The van der Waals surface area contributed by atoms with E-state index in [4.69, 9.17) is 13.8 Å². The fourth-order valence-electron chi connectivity index (χ4n) is 9.48. The summed E-state index contributed by atoms with van der Waals surface area (Å²) in [7, 11) is 0. The van der Waals surface area contributed by atoms with Crippen molar-refractivity contribution >= 4 is 44.6 Å². The predicted molar refractivity (Wildman–Crippen MR) is 230 cm³/mol. The SMILES string of the molecule is [2H]C([2H])([2H])n1[c](=[Pt])n(-c2cccc(Oc3ccc4c5cc6c(cc5n(-c5cc(C)ccn5)c4c3)C3(c4ccccc4Sc4ccccc43)c3ccccc3-6)c2)c2ccccc21. The van der Waals surface area contributed by atoms with Crippen molar-refractivity contribution in [3.63, 3.8) is 0 Å². The Morgan fingerprint density at radius 3 is 2.09 bits per heavy atom. The van der Waals surface area contributed by atoms with E-state index >= 15 is 0 Å². The van der Waals surface area contributed by atoms with Gasteiger partial charge in [0.05, 0.1) is 5.41 Å². The van der Waals surface area contributed by atoms with Crippen LogP contribution in [0.2, 0.25) is 0 Å². The van der Waals surface area contributed by atoms with Crippen LogP contribution in [-0.4, -0.2) is 18.7 Å². The number of fused-ring (bicyclic) bond motifs is 13. The molecule has 1 aliphatic heterocycles. The Labute approximate surface area is 354 Å². The summed E-state index contributed by atoms with van der Waals surface area (Å²) < 4.78 is 37.8. The van der Waals surface area contributed by atoms with Gasteiger partial charge in [0.25, 0.3) is 0 Å². The molecule has 2 aliphatic rings. The van der Waals surface area contributed by atoms with E-state index in [1.165, 1.54) is 47.7 Å². The fraction of sp³-hybridized carbons (Fsp3) is 0.0588. The summed E-state index contributed by atoms with van der Waals surface area (Å²) in [4.78, 5) is 7.52. The van der Waals surface area contributed by atoms with Gasteiger partial charge in [0.15, 0.2) is 0 Å². The Hall–Kier alpha value is -6.20. The molecule has 58 heavy (non-hydrogen) atoms. The second-order valence-electron chi connectivity index (χ2n) is 15.0. The molecule has 0 amide bonds. The molecule has 0 radical (unpaired) electrons. The van der Waals surface area contributed by atoms with E-state index in [0.29, 0.717) is 20.8 Å². The summed E-state index contributed by atoms with van der Waals surface area (Å²) in [6.07, 6.45) is 1.88. The van der Waals surface area contributed by atoms with Gasteiger partial charge in [0.1, 0.15) is 0 Å². The fourth-order valence-corrected chi connectivity index (χ4v) is 11.5. The van der Waals surface area contributed by atoms with Gasteiger partial charge in [-0.3, -0.25) is 0 Å². The number of rotatable bonds is 4. The van der Waals surface area contributed by atoms with Gasteiger partial charge in [-0.25, -0.2) is 0 Å². The monoisotopic (exact) mass is 948 g/mol. The summed E-state index contributed by atoms with van der Waals surface area (Å²) in [5.41, 5.74) is 12.6. The van der Waals surface area contributed by atoms with Gasteiger partial charge in [-0.05, 0) is 64.1 Å². The van der Waals surface area contributed by atoms with Gasteiger partial charge in [-0.15, -0.1) is 0 Å². The standard InChI is InChI=1S/C51H34N4OS.Pt/c1-32-24-25-52-50(26-32)55-46-28-35(56-34-13-11-12-33(27-34)54-31-53(2)44-18-7-8-19-45(44)54)22-23-37(46)39-29-38-36-14-3-4-15-40(36)51(43(38)30-47(39)55)41-16-5-9-20-48(41)57-49-21-10-6-17-42(49)51;/h3-30H,1-2H3;/i2D3;.